The van der Waals surface area contributed by atoms with Crippen LogP contribution in [0.1, 0.15) is 52.6 Å². The van der Waals surface area contributed by atoms with Gasteiger partial charge in [0.1, 0.15) is 12.4 Å². The van der Waals surface area contributed by atoms with Crippen molar-refractivity contribution in [3.05, 3.63) is 65.7 Å². The molecule has 0 atom stereocenters. The number of Topliss-reactive ketones (excluding diaryl/α,β-unsaturated/α-hetero) is 1. The molecule has 0 bridgehead atoms. The summed E-state index contributed by atoms with van der Waals surface area (Å²) < 4.78 is 5.17. The van der Waals surface area contributed by atoms with E-state index in [-0.39, 0.29) is 13.8 Å². The minimum atomic E-state index is -0.474. The Morgan fingerprint density at radius 3 is 2.15 bits per heavy atom. The molecule has 142 valence electrons. The number of aryl methyl sites for hydroxylation is 1. The van der Waals surface area contributed by atoms with Crippen molar-refractivity contribution >= 4 is 17.6 Å². The van der Waals surface area contributed by atoms with Gasteiger partial charge in [0.2, 0.25) is 0 Å². The van der Waals surface area contributed by atoms with Crippen LogP contribution in [0.3, 0.4) is 0 Å². The standard InChI is InChI=1S/C19H21NO3.C3H8.H2/c1-15(21)6-5-9-16-10-12-18(13-11-16)20-19(22)23-14-17-7-3-2-4-8-17;1-3-2;/h2-4,7-8,10-13H,5-6,9,14H2,1H3,(H,20,22);3H2,1-2H3;1H. The van der Waals surface area contributed by atoms with Crippen molar-refractivity contribution in [1.29, 1.82) is 0 Å². The number of carbonyl (C=O) groups is 2. The molecule has 4 nitrogen and oxygen atoms in total. The normalized spacial score (nSPS) is 9.65. The van der Waals surface area contributed by atoms with Gasteiger partial charge in [-0.2, -0.15) is 0 Å². The monoisotopic (exact) mass is 357 g/mol. The highest BCUT2D eigenvalue weighted by Gasteiger charge is 2.04. The molecular weight excluding hydrogens is 326 g/mol. The summed E-state index contributed by atoms with van der Waals surface area (Å²) in [7, 11) is 0. The number of hydrogen-bond acceptors (Lipinski definition) is 3. The van der Waals surface area contributed by atoms with Gasteiger partial charge in [0.25, 0.3) is 0 Å². The van der Waals surface area contributed by atoms with Crippen LogP contribution < -0.4 is 5.32 Å². The molecule has 4 heteroatoms. The quantitative estimate of drug-likeness (QED) is 0.660. The molecule has 1 N–H and O–H groups in total. The molecule has 0 saturated heterocycles. The van der Waals surface area contributed by atoms with Crippen LogP contribution in [0.15, 0.2) is 54.6 Å². The van der Waals surface area contributed by atoms with Gasteiger partial charge in [-0.1, -0.05) is 62.7 Å². The summed E-state index contributed by atoms with van der Waals surface area (Å²) in [5, 5.41) is 2.70. The lowest BCUT2D eigenvalue weighted by Crippen LogP contribution is -2.13. The lowest BCUT2D eigenvalue weighted by molar-refractivity contribution is -0.117. The van der Waals surface area contributed by atoms with Crippen LogP contribution in [0.5, 0.6) is 0 Å². The van der Waals surface area contributed by atoms with E-state index in [9.17, 15) is 9.59 Å². The molecule has 0 spiro atoms. The zero-order valence-electron chi connectivity index (χ0n) is 16.0. The Morgan fingerprint density at radius 1 is 0.962 bits per heavy atom. The first-order valence-corrected chi connectivity index (χ1v) is 9.11. The van der Waals surface area contributed by atoms with Crippen molar-refractivity contribution in [2.45, 2.75) is 53.1 Å². The van der Waals surface area contributed by atoms with E-state index >= 15 is 0 Å². The smallest absolute Gasteiger partial charge is 0.411 e. The molecule has 2 aromatic carbocycles. The second kappa shape index (κ2) is 12.7. The highest BCUT2D eigenvalue weighted by molar-refractivity contribution is 5.84. The van der Waals surface area contributed by atoms with Crippen LogP contribution in [-0.4, -0.2) is 11.9 Å². The van der Waals surface area contributed by atoms with Gasteiger partial charge in [0.15, 0.2) is 0 Å². The Labute approximate surface area is 158 Å². The van der Waals surface area contributed by atoms with Crippen molar-refractivity contribution in [2.75, 3.05) is 5.32 Å². The van der Waals surface area contributed by atoms with Crippen LogP contribution in [0.25, 0.3) is 0 Å². The average Bonchev–Trinajstić information content (AvgIpc) is 2.63. The molecule has 0 aromatic heterocycles. The predicted octanol–water partition coefficient (Wildman–Crippen LogP) is 6.01. The second-order valence-corrected chi connectivity index (χ2v) is 6.15. The van der Waals surface area contributed by atoms with Gasteiger partial charge in [-0.15, -0.1) is 0 Å². The van der Waals surface area contributed by atoms with E-state index in [1.54, 1.807) is 6.92 Å². The summed E-state index contributed by atoms with van der Waals surface area (Å²) in [4.78, 5) is 22.7. The van der Waals surface area contributed by atoms with Gasteiger partial charge in [-0.3, -0.25) is 5.32 Å². The van der Waals surface area contributed by atoms with Crippen LogP contribution in [0.2, 0.25) is 0 Å². The Bertz CT molecular complexity index is 657. The third-order valence-corrected chi connectivity index (χ3v) is 3.41. The molecule has 0 fully saturated rings. The Kier molecular flexibility index (Phi) is 10.5. The van der Waals surface area contributed by atoms with Gasteiger partial charge in [-0.05, 0) is 43.0 Å². The topological polar surface area (TPSA) is 55.4 Å². The first-order chi connectivity index (χ1) is 12.5. The molecule has 0 aliphatic carbocycles. The molecular formula is C22H31NO3. The van der Waals surface area contributed by atoms with E-state index in [1.165, 1.54) is 6.42 Å². The summed E-state index contributed by atoms with van der Waals surface area (Å²) in [5.74, 6) is 0.212. The first kappa shape index (κ1) is 21.4. The van der Waals surface area contributed by atoms with Gasteiger partial charge in [0, 0.05) is 13.5 Å². The Morgan fingerprint density at radius 2 is 1.58 bits per heavy atom. The maximum absolute atomic E-state index is 11.7. The molecule has 0 aliphatic heterocycles. The van der Waals surface area contributed by atoms with Gasteiger partial charge in [-0.25, -0.2) is 4.79 Å². The fourth-order valence-corrected chi connectivity index (χ4v) is 2.17. The van der Waals surface area contributed by atoms with E-state index in [1.807, 2.05) is 54.6 Å². The minimum Gasteiger partial charge on any atom is -0.444 e. The summed E-state index contributed by atoms with van der Waals surface area (Å²) in [5.41, 5.74) is 2.79. The van der Waals surface area contributed by atoms with E-state index in [4.69, 9.17) is 4.74 Å². The maximum atomic E-state index is 11.7. The molecule has 0 radical (unpaired) electrons. The number of amides is 1. The third-order valence-electron chi connectivity index (χ3n) is 3.41. The van der Waals surface area contributed by atoms with Crippen LogP contribution in [0.4, 0.5) is 10.5 Å². The fourth-order valence-electron chi connectivity index (χ4n) is 2.17. The van der Waals surface area contributed by atoms with Crippen molar-refractivity contribution in [1.82, 2.24) is 0 Å². The molecule has 0 aliphatic rings. The summed E-state index contributed by atoms with van der Waals surface area (Å²) in [6.07, 6.45) is 3.09. The molecule has 26 heavy (non-hydrogen) atoms. The molecule has 2 aromatic rings. The van der Waals surface area contributed by atoms with Gasteiger partial charge < -0.3 is 9.53 Å². The van der Waals surface area contributed by atoms with E-state index < -0.39 is 6.09 Å². The maximum Gasteiger partial charge on any atom is 0.411 e. The average molecular weight is 357 g/mol. The SMILES string of the molecule is CC(=O)CCCc1ccc(NC(=O)OCc2ccccc2)cc1.CCC.[HH]. The Balaban J connectivity index is 0.00000158. The zero-order chi connectivity index (χ0) is 19.2. The number of hydrogen-bond donors (Lipinski definition) is 1. The van der Waals surface area contributed by atoms with E-state index in [0.29, 0.717) is 12.1 Å². The van der Waals surface area contributed by atoms with Crippen molar-refractivity contribution in [2.24, 2.45) is 0 Å². The van der Waals surface area contributed by atoms with Crippen molar-refractivity contribution in [3.63, 3.8) is 0 Å². The third kappa shape index (κ3) is 9.62. The van der Waals surface area contributed by atoms with Gasteiger partial charge in [0.05, 0.1) is 0 Å². The number of ether oxygens (including phenoxy) is 1. The fraction of sp³-hybridized carbons (Fsp3) is 0.364. The summed E-state index contributed by atoms with van der Waals surface area (Å²) in [6.45, 7) is 6.10. The number of nitrogens with one attached hydrogen (secondary N) is 1. The number of anilines is 1. The van der Waals surface area contributed by atoms with E-state index in [2.05, 4.69) is 19.2 Å². The lowest BCUT2D eigenvalue weighted by Gasteiger charge is -2.08. The molecule has 2 rings (SSSR count). The van der Waals surface area contributed by atoms with E-state index in [0.717, 1.165) is 24.0 Å². The number of ketones is 1. The van der Waals surface area contributed by atoms with Crippen LogP contribution >= 0.6 is 0 Å². The molecule has 0 heterocycles. The zero-order valence-corrected chi connectivity index (χ0v) is 16.0. The number of carbonyl (C=O) groups excluding carboxylic acids is 2. The highest BCUT2D eigenvalue weighted by atomic mass is 16.5. The summed E-state index contributed by atoms with van der Waals surface area (Å²) >= 11 is 0. The Hall–Kier alpha value is -2.62. The second-order valence-electron chi connectivity index (χ2n) is 6.15. The van der Waals surface area contributed by atoms with Gasteiger partial charge >= 0.3 is 6.09 Å². The van der Waals surface area contributed by atoms with Crippen LogP contribution in [0, 0.1) is 0 Å². The largest absolute Gasteiger partial charge is 0.444 e. The summed E-state index contributed by atoms with van der Waals surface area (Å²) in [6, 6.07) is 17.1. The first-order valence-electron chi connectivity index (χ1n) is 9.11. The molecule has 0 saturated carbocycles. The predicted molar refractivity (Wildman–Crippen MR) is 108 cm³/mol. The number of benzene rings is 2. The lowest BCUT2D eigenvalue weighted by atomic mass is 10.1. The highest BCUT2D eigenvalue weighted by Crippen LogP contribution is 2.12. The molecule has 0 unspecified atom stereocenters. The molecule has 1 amide bonds. The van der Waals surface area contributed by atoms with Crippen molar-refractivity contribution < 1.29 is 15.8 Å². The van der Waals surface area contributed by atoms with Crippen molar-refractivity contribution in [3.8, 4) is 0 Å². The van der Waals surface area contributed by atoms with Crippen LogP contribution in [-0.2, 0) is 22.6 Å². The minimum absolute atomic E-state index is 0. The number of rotatable bonds is 7.